The van der Waals surface area contributed by atoms with Crippen LogP contribution in [0.25, 0.3) is 0 Å². The molecule has 0 aromatic heterocycles. The van der Waals surface area contributed by atoms with E-state index in [1.807, 2.05) is 0 Å². The van der Waals surface area contributed by atoms with E-state index in [0.717, 1.165) is 25.7 Å². The van der Waals surface area contributed by atoms with Crippen LogP contribution in [0, 0.1) is 45.8 Å². The summed E-state index contributed by atoms with van der Waals surface area (Å²) in [6.07, 6.45) is -5.05. The van der Waals surface area contributed by atoms with E-state index < -0.39 is 91.7 Å². The number of allylic oxidation sites excluding steroid dienone is 4. The first-order chi connectivity index (χ1) is 25.3. The van der Waals surface area contributed by atoms with E-state index >= 15 is 0 Å². The molecule has 0 radical (unpaired) electrons. The topological polar surface area (TPSA) is 199 Å². The average molecular weight is 767 g/mol. The molecule has 6 rings (SSSR count). The number of aliphatic hydroxyl groups excluding tert-OH is 8. The van der Waals surface area contributed by atoms with Gasteiger partial charge in [0.2, 0.25) is 0 Å². The Morgan fingerprint density at radius 3 is 2.07 bits per heavy atom. The maximum atomic E-state index is 12.2. The van der Waals surface area contributed by atoms with Crippen molar-refractivity contribution in [1.82, 2.24) is 0 Å². The summed E-state index contributed by atoms with van der Waals surface area (Å²) in [6, 6.07) is 0. The Balaban J connectivity index is 1.37. The number of aliphatic hydroxyl groups is 8. The fourth-order valence-electron chi connectivity index (χ4n) is 12.6. The van der Waals surface area contributed by atoms with Gasteiger partial charge in [0.1, 0.15) is 42.7 Å². The molecule has 0 aromatic carbocycles. The van der Waals surface area contributed by atoms with Crippen LogP contribution in [0.4, 0.5) is 0 Å². The van der Waals surface area contributed by atoms with Crippen molar-refractivity contribution < 1.29 is 59.8 Å². The minimum Gasteiger partial charge on any atom is -0.394 e. The molecule has 0 bridgehead atoms. The molecule has 21 atom stereocenters. The molecule has 310 valence electrons. The fraction of sp³-hybridized carbons (Fsp3) is 0.905. The first-order valence-electron chi connectivity index (χ1n) is 20.6. The monoisotopic (exact) mass is 766 g/mol. The maximum absolute atomic E-state index is 12.2. The van der Waals surface area contributed by atoms with Crippen molar-refractivity contribution in [2.75, 3.05) is 6.61 Å². The maximum Gasteiger partial charge on any atom is 0.187 e. The Hall–Kier alpha value is -1.00. The third-order valence-corrected chi connectivity index (χ3v) is 15.8. The van der Waals surface area contributed by atoms with E-state index in [-0.39, 0.29) is 40.4 Å². The first-order valence-corrected chi connectivity index (χ1v) is 20.6. The van der Waals surface area contributed by atoms with Gasteiger partial charge in [0, 0.05) is 0 Å². The van der Waals surface area contributed by atoms with Gasteiger partial charge in [-0.05, 0) is 125 Å². The predicted octanol–water partition coefficient (Wildman–Crippen LogP) is 2.95. The van der Waals surface area contributed by atoms with Gasteiger partial charge in [-0.25, -0.2) is 0 Å². The molecular formula is C42H70O12. The highest BCUT2D eigenvalue weighted by Crippen LogP contribution is 2.71. The van der Waals surface area contributed by atoms with Crippen molar-refractivity contribution in [3.05, 3.63) is 23.3 Å². The first kappa shape index (κ1) is 42.6. The summed E-state index contributed by atoms with van der Waals surface area (Å²) in [5.74, 6) is 0.473. The lowest BCUT2D eigenvalue weighted by Crippen LogP contribution is -2.68. The molecule has 12 heteroatoms. The predicted molar refractivity (Wildman–Crippen MR) is 199 cm³/mol. The second kappa shape index (κ2) is 16.0. The molecular weight excluding hydrogens is 696 g/mol. The lowest BCUT2D eigenvalue weighted by atomic mass is 9.38. The normalized spacial score (nSPS) is 53.7. The molecule has 0 amide bonds. The molecule has 4 saturated carbocycles. The smallest absolute Gasteiger partial charge is 0.187 e. The lowest BCUT2D eigenvalue weighted by molar-refractivity contribution is -0.379. The highest BCUT2D eigenvalue weighted by Gasteiger charge is 2.69. The largest absolute Gasteiger partial charge is 0.394 e. The van der Waals surface area contributed by atoms with Gasteiger partial charge in [0.25, 0.3) is 0 Å². The number of ether oxygens (including phenoxy) is 4. The van der Waals surface area contributed by atoms with E-state index in [0.29, 0.717) is 25.7 Å². The Morgan fingerprint density at radius 1 is 0.759 bits per heavy atom. The fourth-order valence-corrected chi connectivity index (χ4v) is 12.6. The Bertz CT molecular complexity index is 1370. The second-order valence-corrected chi connectivity index (χ2v) is 19.0. The molecule has 2 aliphatic heterocycles. The molecule has 0 unspecified atom stereocenters. The molecule has 4 aliphatic carbocycles. The molecule has 54 heavy (non-hydrogen) atoms. The summed E-state index contributed by atoms with van der Waals surface area (Å²) in [7, 11) is 0. The number of fused-ring (bicyclic) bond motifs is 5. The third-order valence-electron chi connectivity index (χ3n) is 15.8. The van der Waals surface area contributed by atoms with E-state index in [1.54, 1.807) is 0 Å². The summed E-state index contributed by atoms with van der Waals surface area (Å²) in [5.41, 5.74) is 1.50. The second-order valence-electron chi connectivity index (χ2n) is 19.0. The highest BCUT2D eigenvalue weighted by molar-refractivity contribution is 5.21. The molecule has 2 heterocycles. The number of hydrogen-bond acceptors (Lipinski definition) is 12. The zero-order valence-electron chi connectivity index (χ0n) is 33.6. The van der Waals surface area contributed by atoms with Crippen molar-refractivity contribution >= 4 is 0 Å². The molecule has 0 aromatic rings. The average Bonchev–Trinajstić information content (AvgIpc) is 3.50. The quantitative estimate of drug-likeness (QED) is 0.126. The third kappa shape index (κ3) is 7.10. The van der Waals surface area contributed by atoms with Gasteiger partial charge in [-0.3, -0.25) is 0 Å². The van der Waals surface area contributed by atoms with Gasteiger partial charge >= 0.3 is 0 Å². The standard InChI is InChI=1S/C42H70O12/c1-9-40(6)29(45)14-16-42(8)24-17-26(44)30-23(21(4)12-10-11-20(2)3)13-15-41(30,7)25(24)18-27(37(40)42)52-39-36(34(49)32(47)28(19-43)53-39)54-38-35(50)33(48)31(46)22(5)51-38/h11-12,22-39,43-50H,9-10,13-19H2,1-8H3/b21-12-/t22-,23+,24+,25+,26-,27+,28+,29+,30+,31-,32+,33+,34-,35+,36+,37-,38-,39+,40+,41+,42+/m0/s1. The minimum atomic E-state index is -1.67. The van der Waals surface area contributed by atoms with Crippen molar-refractivity contribution in [3.63, 3.8) is 0 Å². The van der Waals surface area contributed by atoms with Gasteiger partial charge in [0.05, 0.1) is 31.0 Å². The number of hydrogen-bond donors (Lipinski definition) is 8. The summed E-state index contributed by atoms with van der Waals surface area (Å²) >= 11 is 0. The van der Waals surface area contributed by atoms with Gasteiger partial charge in [-0.1, -0.05) is 51.0 Å². The minimum absolute atomic E-state index is 0.0701. The van der Waals surface area contributed by atoms with Crippen LogP contribution in [0.15, 0.2) is 23.3 Å². The van der Waals surface area contributed by atoms with Gasteiger partial charge in [-0.2, -0.15) is 0 Å². The van der Waals surface area contributed by atoms with Crippen LogP contribution in [0.3, 0.4) is 0 Å². The number of rotatable bonds is 9. The highest BCUT2D eigenvalue weighted by atomic mass is 16.8. The van der Waals surface area contributed by atoms with Gasteiger partial charge < -0.3 is 59.8 Å². The van der Waals surface area contributed by atoms with Crippen LogP contribution in [-0.4, -0.2) is 127 Å². The van der Waals surface area contributed by atoms with E-state index in [1.165, 1.54) is 18.1 Å². The molecule has 12 nitrogen and oxygen atoms in total. The molecule has 2 saturated heterocycles. The van der Waals surface area contributed by atoms with Crippen molar-refractivity contribution in [2.45, 2.75) is 186 Å². The van der Waals surface area contributed by atoms with Crippen molar-refractivity contribution in [2.24, 2.45) is 45.8 Å². The molecule has 0 spiro atoms. The Kier molecular flexibility index (Phi) is 12.6. The summed E-state index contributed by atoms with van der Waals surface area (Å²) < 4.78 is 25.2. The van der Waals surface area contributed by atoms with Gasteiger partial charge in [-0.15, -0.1) is 0 Å². The summed E-state index contributed by atoms with van der Waals surface area (Å²) in [4.78, 5) is 0. The van der Waals surface area contributed by atoms with Crippen molar-refractivity contribution in [1.29, 1.82) is 0 Å². The van der Waals surface area contributed by atoms with E-state index in [4.69, 9.17) is 18.9 Å². The van der Waals surface area contributed by atoms with Crippen LogP contribution in [0.5, 0.6) is 0 Å². The zero-order chi connectivity index (χ0) is 39.7. The molecule has 6 aliphatic rings. The Labute approximate surface area is 321 Å². The Morgan fingerprint density at radius 2 is 1.43 bits per heavy atom. The van der Waals surface area contributed by atoms with Crippen LogP contribution in [0.2, 0.25) is 0 Å². The van der Waals surface area contributed by atoms with E-state index in [9.17, 15) is 40.9 Å². The summed E-state index contributed by atoms with van der Waals surface area (Å²) in [6.45, 7) is 16.2. The molecule has 8 N–H and O–H groups in total. The van der Waals surface area contributed by atoms with Gasteiger partial charge in [0.15, 0.2) is 12.6 Å². The SMILES string of the molecule is CC[C@@]1(C)[C@@H]2[C@H](O[C@@H]3O[C@H](CO)[C@@H](O)[C@H](O)[C@H]3O[C@@H]3O[C@@H](C)[C@H](O)[C@@H](O)[C@H]3O)C[C@@H]3[C@@H](C[C@H](O)[C@H]4[C@@H](/C(C)=C\CC=C(C)C)CC[C@@]43C)[C@@]2(C)CC[C@H]1O. The van der Waals surface area contributed by atoms with Crippen molar-refractivity contribution in [3.8, 4) is 0 Å². The zero-order valence-corrected chi connectivity index (χ0v) is 33.6. The van der Waals surface area contributed by atoms with Crippen LogP contribution in [0.1, 0.15) is 107 Å². The van der Waals surface area contributed by atoms with E-state index in [2.05, 4.69) is 60.6 Å². The van der Waals surface area contributed by atoms with Crippen LogP contribution in [-0.2, 0) is 18.9 Å². The molecule has 6 fully saturated rings. The van der Waals surface area contributed by atoms with Crippen LogP contribution >= 0.6 is 0 Å². The lowest BCUT2D eigenvalue weighted by Gasteiger charge is -2.68. The summed E-state index contributed by atoms with van der Waals surface area (Å²) in [5, 5.41) is 88.3. The van der Waals surface area contributed by atoms with Crippen LogP contribution < -0.4 is 0 Å².